The summed E-state index contributed by atoms with van der Waals surface area (Å²) in [6.45, 7) is 12.7. The van der Waals surface area contributed by atoms with Gasteiger partial charge in [0.2, 0.25) is 0 Å². The molecule has 0 saturated heterocycles. The van der Waals surface area contributed by atoms with E-state index in [1.165, 1.54) is 5.57 Å². The first kappa shape index (κ1) is 24.4. The Bertz CT molecular complexity index is 769. The zero-order valence-electron chi connectivity index (χ0n) is 21.1. The fraction of sp³-hybridized carbons (Fsp3) is 0.893. The molecule has 4 rings (SSSR count). The number of hydrogen-bond acceptors (Lipinski definition) is 4. The molecule has 0 spiro atoms. The zero-order chi connectivity index (χ0) is 23.6. The molecule has 0 amide bonds. The van der Waals surface area contributed by atoms with Gasteiger partial charge < -0.3 is 15.3 Å². The first-order valence-electron chi connectivity index (χ1n) is 13.1. The highest BCUT2D eigenvalue weighted by molar-refractivity contribution is 5.81. The Balaban J connectivity index is 1.60. The lowest BCUT2D eigenvalue weighted by Crippen LogP contribution is -2.55. The third-order valence-corrected chi connectivity index (χ3v) is 10.8. The van der Waals surface area contributed by atoms with Crippen molar-refractivity contribution in [3.8, 4) is 0 Å². The fourth-order valence-corrected chi connectivity index (χ4v) is 8.58. The summed E-state index contributed by atoms with van der Waals surface area (Å²) in [5.74, 6) is 1.47. The highest BCUT2D eigenvalue weighted by Gasteiger charge is 2.61. The average molecular weight is 447 g/mol. The molecule has 4 aliphatic rings. The second kappa shape index (κ2) is 8.20. The molecule has 182 valence electrons. The molecule has 4 nitrogen and oxygen atoms in total. The first-order valence-corrected chi connectivity index (χ1v) is 13.1. The molecule has 0 aromatic carbocycles. The van der Waals surface area contributed by atoms with E-state index in [1.807, 2.05) is 13.8 Å². The lowest BCUT2D eigenvalue weighted by Gasteiger charge is -2.58. The van der Waals surface area contributed by atoms with Crippen molar-refractivity contribution in [3.05, 3.63) is 11.6 Å². The number of hydrogen-bond donors (Lipinski definition) is 3. The number of fused-ring (bicyclic) bond motifs is 5. The number of carbonyl (C=O) groups is 1. The molecule has 3 saturated carbocycles. The van der Waals surface area contributed by atoms with Crippen LogP contribution in [-0.4, -0.2) is 38.9 Å². The molecule has 4 aliphatic carbocycles. The van der Waals surface area contributed by atoms with Gasteiger partial charge in [-0.1, -0.05) is 46.3 Å². The van der Waals surface area contributed by atoms with Crippen LogP contribution in [0.1, 0.15) is 92.9 Å². The molecular formula is C28H46O4. The van der Waals surface area contributed by atoms with Gasteiger partial charge in [-0.2, -0.15) is 0 Å². The van der Waals surface area contributed by atoms with Crippen molar-refractivity contribution in [1.82, 2.24) is 0 Å². The van der Waals surface area contributed by atoms with Crippen molar-refractivity contribution in [2.24, 2.45) is 46.3 Å². The molecule has 10 atom stereocenters. The van der Waals surface area contributed by atoms with E-state index in [-0.39, 0.29) is 58.9 Å². The highest BCUT2D eigenvalue weighted by Crippen LogP contribution is 2.66. The minimum absolute atomic E-state index is 0.0217. The van der Waals surface area contributed by atoms with Gasteiger partial charge in [-0.15, -0.1) is 0 Å². The summed E-state index contributed by atoms with van der Waals surface area (Å²) in [7, 11) is 0. The van der Waals surface area contributed by atoms with E-state index in [0.29, 0.717) is 18.3 Å². The van der Waals surface area contributed by atoms with Gasteiger partial charge in [0.15, 0.2) is 0 Å². The van der Waals surface area contributed by atoms with E-state index in [2.05, 4.69) is 33.8 Å². The van der Waals surface area contributed by atoms with Crippen molar-refractivity contribution < 1.29 is 20.1 Å². The second-order valence-corrected chi connectivity index (χ2v) is 13.0. The fourth-order valence-electron chi connectivity index (χ4n) is 8.58. The van der Waals surface area contributed by atoms with Crippen LogP contribution in [0.4, 0.5) is 0 Å². The number of aliphatic hydroxyl groups is 3. The topological polar surface area (TPSA) is 77.8 Å². The minimum atomic E-state index is -0.996. The van der Waals surface area contributed by atoms with Crippen LogP contribution in [0.15, 0.2) is 11.6 Å². The predicted octanol–water partition coefficient (Wildman–Crippen LogP) is 4.90. The van der Waals surface area contributed by atoms with Crippen LogP contribution >= 0.6 is 0 Å². The van der Waals surface area contributed by atoms with Gasteiger partial charge in [-0.25, -0.2) is 0 Å². The van der Waals surface area contributed by atoms with Gasteiger partial charge in [-0.3, -0.25) is 4.79 Å². The molecule has 0 aromatic rings. The molecule has 0 aromatic heterocycles. The summed E-state index contributed by atoms with van der Waals surface area (Å²) in [6.07, 6.45) is 8.23. The summed E-state index contributed by atoms with van der Waals surface area (Å²) >= 11 is 0. The van der Waals surface area contributed by atoms with Gasteiger partial charge in [0.05, 0.1) is 17.8 Å². The maximum Gasteiger partial charge on any atom is 0.138 e. The largest absolute Gasteiger partial charge is 0.393 e. The number of allylic oxidation sites excluding steroid dienone is 2. The van der Waals surface area contributed by atoms with E-state index >= 15 is 0 Å². The van der Waals surface area contributed by atoms with Crippen molar-refractivity contribution in [1.29, 1.82) is 0 Å². The van der Waals surface area contributed by atoms with Crippen molar-refractivity contribution in [3.63, 3.8) is 0 Å². The lowest BCUT2D eigenvalue weighted by molar-refractivity contribution is -0.134. The Hall–Kier alpha value is -0.710. The second-order valence-electron chi connectivity index (χ2n) is 13.0. The molecule has 0 heterocycles. The lowest BCUT2D eigenvalue weighted by atomic mass is 9.47. The van der Waals surface area contributed by atoms with Crippen LogP contribution in [0.25, 0.3) is 0 Å². The predicted molar refractivity (Wildman–Crippen MR) is 127 cm³/mol. The maximum absolute atomic E-state index is 12.9. The molecule has 0 radical (unpaired) electrons. The average Bonchev–Trinajstić information content (AvgIpc) is 3.06. The van der Waals surface area contributed by atoms with Crippen molar-refractivity contribution >= 4 is 5.78 Å². The van der Waals surface area contributed by atoms with Crippen LogP contribution in [0.2, 0.25) is 0 Å². The van der Waals surface area contributed by atoms with Gasteiger partial charge in [-0.05, 0) is 92.3 Å². The van der Waals surface area contributed by atoms with Crippen molar-refractivity contribution in [2.45, 2.75) is 111 Å². The molecule has 4 heteroatoms. The van der Waals surface area contributed by atoms with E-state index < -0.39 is 5.60 Å². The molecular weight excluding hydrogens is 400 g/mol. The van der Waals surface area contributed by atoms with Gasteiger partial charge in [0.1, 0.15) is 5.78 Å². The van der Waals surface area contributed by atoms with Crippen LogP contribution < -0.4 is 0 Å². The van der Waals surface area contributed by atoms with Crippen LogP contribution in [0.5, 0.6) is 0 Å². The van der Waals surface area contributed by atoms with Gasteiger partial charge >= 0.3 is 0 Å². The first-order chi connectivity index (χ1) is 14.8. The van der Waals surface area contributed by atoms with Crippen LogP contribution in [-0.2, 0) is 4.79 Å². The van der Waals surface area contributed by atoms with E-state index in [0.717, 1.165) is 38.5 Å². The molecule has 0 bridgehead atoms. The SMILES string of the molecule is CC(C)[C@@H](C)C(=O)C[C@](C)(O)[C@H]1CC[C@H]2[C@@H]3C[C@H](O)[C@H]4C[C@@H](O)CC[C@]4(C)C3=CC[C@@]21C. The Morgan fingerprint density at radius 3 is 2.47 bits per heavy atom. The number of aliphatic hydroxyl groups excluding tert-OH is 2. The van der Waals surface area contributed by atoms with Gasteiger partial charge in [0, 0.05) is 12.3 Å². The van der Waals surface area contributed by atoms with Crippen molar-refractivity contribution in [2.75, 3.05) is 0 Å². The Kier molecular flexibility index (Phi) is 6.26. The summed E-state index contributed by atoms with van der Waals surface area (Å²) in [5.41, 5.74) is 0.457. The number of ketones is 1. The number of rotatable bonds is 5. The number of carbonyl (C=O) groups excluding carboxylic acids is 1. The third-order valence-electron chi connectivity index (χ3n) is 10.8. The van der Waals surface area contributed by atoms with Crippen LogP contribution in [0, 0.1) is 46.3 Å². The van der Waals surface area contributed by atoms with E-state index in [1.54, 1.807) is 0 Å². The van der Waals surface area contributed by atoms with Gasteiger partial charge in [0.25, 0.3) is 0 Å². The highest BCUT2D eigenvalue weighted by atomic mass is 16.3. The Morgan fingerprint density at radius 1 is 1.12 bits per heavy atom. The Morgan fingerprint density at radius 2 is 1.81 bits per heavy atom. The molecule has 0 unspecified atom stereocenters. The Labute approximate surface area is 194 Å². The summed E-state index contributed by atoms with van der Waals surface area (Å²) in [6, 6.07) is 0. The monoisotopic (exact) mass is 446 g/mol. The summed E-state index contributed by atoms with van der Waals surface area (Å²) < 4.78 is 0. The molecule has 3 N–H and O–H groups in total. The zero-order valence-corrected chi connectivity index (χ0v) is 21.1. The standard InChI is InChI=1S/C28H46O4/c1-16(2)17(3)24(31)15-28(6,32)25-8-7-20-19-14-23(30)22-13-18(29)9-11-26(22,4)21(19)10-12-27(20,25)5/h10,16-20,22-23,25,29-30,32H,7-9,11-15H2,1-6H3/t17-,18+,19+,20+,22-,23+,25+,26-,27+,28+/m1/s1. The summed E-state index contributed by atoms with van der Waals surface area (Å²) in [4.78, 5) is 12.9. The minimum Gasteiger partial charge on any atom is -0.393 e. The number of Topliss-reactive ketones (excluding diaryl/α,β-unsaturated/α-hetero) is 1. The summed E-state index contributed by atoms with van der Waals surface area (Å²) in [5, 5.41) is 33.0. The molecule has 0 aliphatic heterocycles. The van der Waals surface area contributed by atoms with E-state index in [9.17, 15) is 20.1 Å². The molecule has 3 fully saturated rings. The normalized spacial score (nSPS) is 46.5. The van der Waals surface area contributed by atoms with Crippen LogP contribution in [0.3, 0.4) is 0 Å². The quantitative estimate of drug-likeness (QED) is 0.525. The molecule has 32 heavy (non-hydrogen) atoms. The smallest absolute Gasteiger partial charge is 0.138 e. The third kappa shape index (κ3) is 3.73. The maximum atomic E-state index is 12.9. The van der Waals surface area contributed by atoms with E-state index in [4.69, 9.17) is 0 Å².